The zero-order chi connectivity index (χ0) is 15.0. The number of nitrogens with one attached hydrogen (secondary N) is 1. The van der Waals surface area contributed by atoms with E-state index in [0.717, 1.165) is 36.3 Å². The first-order chi connectivity index (χ1) is 10.6. The molecule has 2 aromatic rings. The molecule has 3 aliphatic rings. The highest BCUT2D eigenvalue weighted by atomic mass is 16.5. The Morgan fingerprint density at radius 3 is 2.91 bits per heavy atom. The summed E-state index contributed by atoms with van der Waals surface area (Å²) in [6.07, 6.45) is 4.50. The standard InChI is InChI=1S/C18H18N2O2/c1-16-11-17(16)7-8-19-15(21)18(17,13-5-3-2-4-6-13)9-12-10-20-22-14(12)16/h2-6,10H,7-9,11H2,1H3,(H,19,21)/t16?,17-,18?/m1/s1. The van der Waals surface area contributed by atoms with Gasteiger partial charge in [0.15, 0.2) is 0 Å². The van der Waals surface area contributed by atoms with Gasteiger partial charge in [-0.3, -0.25) is 4.79 Å². The Morgan fingerprint density at radius 2 is 2.09 bits per heavy atom. The van der Waals surface area contributed by atoms with Gasteiger partial charge < -0.3 is 9.84 Å². The van der Waals surface area contributed by atoms with Gasteiger partial charge in [0.25, 0.3) is 0 Å². The van der Waals surface area contributed by atoms with E-state index < -0.39 is 5.41 Å². The van der Waals surface area contributed by atoms with Crippen LogP contribution in [-0.2, 0) is 22.0 Å². The SMILES string of the molecule is CC12C[C@]13CCNC(=O)C3(c1ccccc1)Cc1cnoc12. The summed E-state index contributed by atoms with van der Waals surface area (Å²) in [4.78, 5) is 13.1. The Hall–Kier alpha value is -2.10. The monoisotopic (exact) mass is 294 g/mol. The van der Waals surface area contributed by atoms with Crippen molar-refractivity contribution in [3.63, 3.8) is 0 Å². The molecule has 2 heterocycles. The Bertz CT molecular complexity index is 783. The van der Waals surface area contributed by atoms with Crippen LogP contribution in [0.5, 0.6) is 0 Å². The quantitative estimate of drug-likeness (QED) is 0.878. The number of benzene rings is 1. The molecule has 2 fully saturated rings. The third-order valence-electron chi connectivity index (χ3n) is 6.50. The smallest absolute Gasteiger partial charge is 0.231 e. The van der Waals surface area contributed by atoms with Crippen molar-refractivity contribution in [2.45, 2.75) is 37.0 Å². The summed E-state index contributed by atoms with van der Waals surface area (Å²) in [7, 11) is 0. The molecule has 0 radical (unpaired) electrons. The summed E-state index contributed by atoms with van der Waals surface area (Å²) in [6.45, 7) is 3.00. The number of aromatic nitrogens is 1. The fourth-order valence-corrected chi connectivity index (χ4v) is 5.42. The molecule has 1 spiro atoms. The Kier molecular flexibility index (Phi) is 2.05. The van der Waals surface area contributed by atoms with E-state index in [1.54, 1.807) is 6.20 Å². The lowest BCUT2D eigenvalue weighted by atomic mass is 9.55. The van der Waals surface area contributed by atoms with E-state index in [-0.39, 0.29) is 16.7 Å². The maximum atomic E-state index is 13.1. The van der Waals surface area contributed by atoms with Crippen LogP contribution in [0.1, 0.15) is 36.7 Å². The summed E-state index contributed by atoms with van der Waals surface area (Å²) in [5.41, 5.74) is 1.64. The van der Waals surface area contributed by atoms with Gasteiger partial charge in [0.2, 0.25) is 5.91 Å². The predicted molar refractivity (Wildman–Crippen MR) is 80.4 cm³/mol. The highest BCUT2D eigenvalue weighted by molar-refractivity contribution is 5.93. The van der Waals surface area contributed by atoms with Gasteiger partial charge in [0.1, 0.15) is 5.76 Å². The number of carbonyl (C=O) groups is 1. The minimum absolute atomic E-state index is 0.0315. The van der Waals surface area contributed by atoms with Gasteiger partial charge in [0.05, 0.1) is 11.6 Å². The van der Waals surface area contributed by atoms with Gasteiger partial charge in [-0.2, -0.15) is 0 Å². The number of nitrogens with zero attached hydrogens (tertiary/aromatic N) is 1. The van der Waals surface area contributed by atoms with Crippen molar-refractivity contribution in [3.8, 4) is 0 Å². The lowest BCUT2D eigenvalue weighted by Crippen LogP contribution is -2.60. The normalized spacial score (nSPS) is 38.5. The van der Waals surface area contributed by atoms with Crippen LogP contribution >= 0.6 is 0 Å². The first-order valence-electron chi connectivity index (χ1n) is 7.92. The summed E-state index contributed by atoms with van der Waals surface area (Å²) in [5, 5.41) is 7.15. The van der Waals surface area contributed by atoms with E-state index in [2.05, 4.69) is 29.5 Å². The third kappa shape index (κ3) is 1.11. The van der Waals surface area contributed by atoms with Crippen molar-refractivity contribution in [1.82, 2.24) is 10.5 Å². The number of carbonyl (C=O) groups excluding carboxylic acids is 1. The van der Waals surface area contributed by atoms with Crippen molar-refractivity contribution >= 4 is 5.91 Å². The van der Waals surface area contributed by atoms with Crippen LogP contribution < -0.4 is 5.32 Å². The molecule has 4 heteroatoms. The summed E-state index contributed by atoms with van der Waals surface area (Å²) >= 11 is 0. The second kappa shape index (κ2) is 3.62. The van der Waals surface area contributed by atoms with E-state index in [0.29, 0.717) is 6.42 Å². The van der Waals surface area contributed by atoms with Crippen LogP contribution in [0.4, 0.5) is 0 Å². The van der Waals surface area contributed by atoms with Crippen molar-refractivity contribution in [2.75, 3.05) is 6.54 Å². The Labute approximate surface area is 128 Å². The van der Waals surface area contributed by atoms with Crippen molar-refractivity contribution < 1.29 is 9.32 Å². The molecular weight excluding hydrogens is 276 g/mol. The van der Waals surface area contributed by atoms with E-state index in [4.69, 9.17) is 4.52 Å². The van der Waals surface area contributed by atoms with Gasteiger partial charge in [0, 0.05) is 22.9 Å². The zero-order valence-electron chi connectivity index (χ0n) is 12.6. The fraction of sp³-hybridized carbons (Fsp3) is 0.444. The van der Waals surface area contributed by atoms with Crippen LogP contribution in [0.3, 0.4) is 0 Å². The zero-order valence-corrected chi connectivity index (χ0v) is 12.6. The molecule has 1 saturated carbocycles. The summed E-state index contributed by atoms with van der Waals surface area (Å²) in [6, 6.07) is 10.3. The molecule has 1 aliphatic heterocycles. The molecular formula is C18H18N2O2. The first-order valence-corrected chi connectivity index (χ1v) is 7.92. The second-order valence-electron chi connectivity index (χ2n) is 7.23. The third-order valence-corrected chi connectivity index (χ3v) is 6.50. The van der Waals surface area contributed by atoms with E-state index >= 15 is 0 Å². The molecule has 2 unspecified atom stereocenters. The molecule has 112 valence electrons. The van der Waals surface area contributed by atoms with Crippen LogP contribution in [0, 0.1) is 5.41 Å². The van der Waals surface area contributed by atoms with Crippen molar-refractivity contribution in [3.05, 3.63) is 53.4 Å². The topological polar surface area (TPSA) is 55.1 Å². The van der Waals surface area contributed by atoms with E-state index in [9.17, 15) is 4.79 Å². The van der Waals surface area contributed by atoms with Crippen LogP contribution in [0.25, 0.3) is 0 Å². The lowest BCUT2D eigenvalue weighted by molar-refractivity contribution is -0.133. The largest absolute Gasteiger partial charge is 0.361 e. The predicted octanol–water partition coefficient (Wildman–Crippen LogP) is 2.34. The lowest BCUT2D eigenvalue weighted by Gasteiger charge is -2.48. The number of fused-ring (bicyclic) bond motifs is 2. The highest BCUT2D eigenvalue weighted by Crippen LogP contribution is 2.78. The maximum absolute atomic E-state index is 13.1. The van der Waals surface area contributed by atoms with Crippen LogP contribution in [-0.4, -0.2) is 17.6 Å². The molecule has 4 nitrogen and oxygen atoms in total. The van der Waals surface area contributed by atoms with Crippen molar-refractivity contribution in [1.29, 1.82) is 0 Å². The van der Waals surface area contributed by atoms with Crippen LogP contribution in [0.2, 0.25) is 0 Å². The van der Waals surface area contributed by atoms with Gasteiger partial charge >= 0.3 is 0 Å². The molecule has 1 saturated heterocycles. The number of piperidine rings is 1. The molecule has 3 atom stereocenters. The maximum Gasteiger partial charge on any atom is 0.231 e. The summed E-state index contributed by atoms with van der Waals surface area (Å²) < 4.78 is 5.59. The van der Waals surface area contributed by atoms with E-state index in [1.807, 2.05) is 18.2 Å². The molecule has 2 aliphatic carbocycles. The van der Waals surface area contributed by atoms with Gasteiger partial charge in [-0.1, -0.05) is 42.4 Å². The molecule has 22 heavy (non-hydrogen) atoms. The highest BCUT2D eigenvalue weighted by Gasteiger charge is 2.81. The van der Waals surface area contributed by atoms with E-state index in [1.165, 1.54) is 0 Å². The number of amides is 1. The second-order valence-corrected chi connectivity index (χ2v) is 7.23. The van der Waals surface area contributed by atoms with Gasteiger partial charge in [-0.25, -0.2) is 0 Å². The first kappa shape index (κ1) is 12.4. The molecule has 1 aromatic heterocycles. The number of rotatable bonds is 1. The van der Waals surface area contributed by atoms with Crippen molar-refractivity contribution in [2.24, 2.45) is 5.41 Å². The van der Waals surface area contributed by atoms with Gasteiger partial charge in [-0.05, 0) is 24.8 Å². The van der Waals surface area contributed by atoms with Crippen LogP contribution in [0.15, 0.2) is 41.1 Å². The Morgan fingerprint density at radius 1 is 1.27 bits per heavy atom. The fourth-order valence-electron chi connectivity index (χ4n) is 5.42. The minimum atomic E-state index is -0.486. The number of hydrogen-bond acceptors (Lipinski definition) is 3. The molecule has 1 amide bonds. The summed E-state index contributed by atoms with van der Waals surface area (Å²) in [5.74, 6) is 1.18. The number of hydrogen-bond donors (Lipinski definition) is 1. The average molecular weight is 294 g/mol. The van der Waals surface area contributed by atoms with Gasteiger partial charge in [-0.15, -0.1) is 0 Å². The molecule has 1 N–H and O–H groups in total. The average Bonchev–Trinajstić information content (AvgIpc) is 2.92. The molecule has 1 aromatic carbocycles. The molecule has 5 rings (SSSR count). The Balaban J connectivity index is 1.82. The minimum Gasteiger partial charge on any atom is -0.361 e. The molecule has 0 bridgehead atoms.